The number of aryl methyl sites for hydroxylation is 1. The van der Waals surface area contributed by atoms with Gasteiger partial charge in [0, 0.05) is 6.42 Å². The summed E-state index contributed by atoms with van der Waals surface area (Å²) in [7, 11) is 0. The maximum Gasteiger partial charge on any atom is 0.153 e. The van der Waals surface area contributed by atoms with E-state index in [-0.39, 0.29) is 5.82 Å². The molecular weight excluding hydrogens is 257 g/mol. The number of anilines is 1. The fourth-order valence-electron chi connectivity index (χ4n) is 2.15. The van der Waals surface area contributed by atoms with Gasteiger partial charge >= 0.3 is 0 Å². The predicted octanol–water partition coefficient (Wildman–Crippen LogP) is 3.62. The molecule has 0 aliphatic rings. The van der Waals surface area contributed by atoms with Crippen molar-refractivity contribution in [1.82, 2.24) is 10.2 Å². The zero-order chi connectivity index (χ0) is 14.1. The molecule has 0 fully saturated rings. The van der Waals surface area contributed by atoms with Crippen molar-refractivity contribution < 1.29 is 8.81 Å². The Morgan fingerprint density at radius 3 is 2.60 bits per heavy atom. The van der Waals surface area contributed by atoms with E-state index in [9.17, 15) is 4.39 Å². The van der Waals surface area contributed by atoms with Gasteiger partial charge in [-0.1, -0.05) is 19.1 Å². The zero-order valence-corrected chi connectivity index (χ0v) is 11.0. The topological polar surface area (TPSA) is 67.8 Å². The third-order valence-electron chi connectivity index (χ3n) is 3.18. The van der Waals surface area contributed by atoms with Gasteiger partial charge in [-0.2, -0.15) is 5.10 Å². The normalized spacial score (nSPS) is 10.9. The molecule has 0 atom stereocenters. The molecule has 2 heterocycles. The molecule has 102 valence electrons. The minimum Gasteiger partial charge on any atom is -0.459 e. The van der Waals surface area contributed by atoms with Gasteiger partial charge in [0.25, 0.3) is 0 Å². The van der Waals surface area contributed by atoms with Gasteiger partial charge in [-0.3, -0.25) is 5.10 Å². The van der Waals surface area contributed by atoms with E-state index in [1.807, 2.05) is 19.1 Å². The van der Waals surface area contributed by atoms with Crippen LogP contribution in [-0.2, 0) is 6.42 Å². The zero-order valence-electron chi connectivity index (χ0n) is 11.0. The fraction of sp³-hybridized carbons (Fsp3) is 0.133. The number of H-pyrrole nitrogens is 1. The van der Waals surface area contributed by atoms with Crippen molar-refractivity contribution in [3.63, 3.8) is 0 Å². The molecule has 0 saturated carbocycles. The van der Waals surface area contributed by atoms with Crippen molar-refractivity contribution in [1.29, 1.82) is 0 Å². The van der Waals surface area contributed by atoms with Gasteiger partial charge in [-0.05, 0) is 29.8 Å². The van der Waals surface area contributed by atoms with E-state index in [4.69, 9.17) is 10.2 Å². The van der Waals surface area contributed by atoms with Crippen molar-refractivity contribution >= 4 is 5.82 Å². The number of nitrogens with zero attached hydrogens (tertiary/aromatic N) is 1. The number of nitrogens with one attached hydrogen (secondary N) is 1. The first-order valence-corrected chi connectivity index (χ1v) is 6.38. The summed E-state index contributed by atoms with van der Waals surface area (Å²) < 4.78 is 18.7. The summed E-state index contributed by atoms with van der Waals surface area (Å²) in [6.07, 6.45) is 0.815. The minimum atomic E-state index is -0.288. The largest absolute Gasteiger partial charge is 0.459 e. The number of rotatable bonds is 3. The Morgan fingerprint density at radius 2 is 1.95 bits per heavy atom. The first-order chi connectivity index (χ1) is 9.69. The smallest absolute Gasteiger partial charge is 0.153 e. The Hall–Kier alpha value is -2.56. The number of hydrogen-bond donors (Lipinski definition) is 2. The Kier molecular flexibility index (Phi) is 3.02. The van der Waals surface area contributed by atoms with Crippen LogP contribution in [-0.4, -0.2) is 10.2 Å². The lowest BCUT2D eigenvalue weighted by Crippen LogP contribution is -1.88. The lowest BCUT2D eigenvalue weighted by Gasteiger charge is -2.02. The van der Waals surface area contributed by atoms with E-state index >= 15 is 0 Å². The number of aromatic amines is 1. The molecule has 0 aliphatic carbocycles. The van der Waals surface area contributed by atoms with Gasteiger partial charge in [-0.15, -0.1) is 0 Å². The molecular formula is C15H14FN3O. The molecule has 0 spiro atoms. The summed E-state index contributed by atoms with van der Waals surface area (Å²) in [6, 6.07) is 9.92. The van der Waals surface area contributed by atoms with Crippen LogP contribution < -0.4 is 5.73 Å². The monoisotopic (exact) mass is 271 g/mol. The second-order valence-electron chi connectivity index (χ2n) is 4.49. The Balaban J connectivity index is 2.11. The van der Waals surface area contributed by atoms with Crippen LogP contribution in [0.3, 0.4) is 0 Å². The highest BCUT2D eigenvalue weighted by molar-refractivity contribution is 5.86. The van der Waals surface area contributed by atoms with Gasteiger partial charge in [0.15, 0.2) is 11.6 Å². The molecule has 3 N–H and O–H groups in total. The molecule has 20 heavy (non-hydrogen) atoms. The Morgan fingerprint density at radius 1 is 1.20 bits per heavy atom. The molecule has 3 rings (SSSR count). The van der Waals surface area contributed by atoms with Crippen LogP contribution in [0.4, 0.5) is 10.2 Å². The van der Waals surface area contributed by atoms with Gasteiger partial charge < -0.3 is 10.2 Å². The number of hydrogen-bond acceptors (Lipinski definition) is 3. The highest BCUT2D eigenvalue weighted by Crippen LogP contribution is 2.35. The van der Waals surface area contributed by atoms with E-state index < -0.39 is 0 Å². The molecule has 0 unspecified atom stereocenters. The highest BCUT2D eigenvalue weighted by Gasteiger charge is 2.17. The van der Waals surface area contributed by atoms with Crippen LogP contribution >= 0.6 is 0 Å². The second-order valence-corrected chi connectivity index (χ2v) is 4.49. The third kappa shape index (κ3) is 2.07. The van der Waals surface area contributed by atoms with Crippen LogP contribution in [0.5, 0.6) is 0 Å². The fourth-order valence-corrected chi connectivity index (χ4v) is 2.15. The Bertz CT molecular complexity index is 728. The average molecular weight is 271 g/mol. The second kappa shape index (κ2) is 4.85. The molecule has 0 radical (unpaired) electrons. The van der Waals surface area contributed by atoms with Gasteiger partial charge in [0.1, 0.15) is 17.3 Å². The van der Waals surface area contributed by atoms with E-state index in [0.29, 0.717) is 17.3 Å². The van der Waals surface area contributed by atoms with Crippen molar-refractivity contribution in [2.45, 2.75) is 13.3 Å². The Labute approximate surface area is 115 Å². The van der Waals surface area contributed by atoms with Crippen LogP contribution in [0.2, 0.25) is 0 Å². The summed E-state index contributed by atoms with van der Waals surface area (Å²) in [4.78, 5) is 0. The van der Waals surface area contributed by atoms with Gasteiger partial charge in [0.2, 0.25) is 0 Å². The van der Waals surface area contributed by atoms with Crippen LogP contribution in [0.25, 0.3) is 22.6 Å². The average Bonchev–Trinajstić information content (AvgIpc) is 3.06. The van der Waals surface area contributed by atoms with E-state index in [1.54, 1.807) is 12.1 Å². The van der Waals surface area contributed by atoms with Crippen molar-refractivity contribution in [3.05, 3.63) is 48.0 Å². The van der Waals surface area contributed by atoms with Gasteiger partial charge in [0.05, 0.1) is 5.56 Å². The molecule has 3 aromatic rings. The molecule has 1 aromatic carbocycles. The van der Waals surface area contributed by atoms with Crippen molar-refractivity contribution in [3.8, 4) is 22.6 Å². The number of benzene rings is 1. The lowest BCUT2D eigenvalue weighted by molar-refractivity contribution is 0.527. The number of nitrogens with two attached hydrogens (primary N) is 1. The lowest BCUT2D eigenvalue weighted by atomic mass is 10.0. The predicted molar refractivity (Wildman–Crippen MR) is 75.5 cm³/mol. The van der Waals surface area contributed by atoms with Crippen molar-refractivity contribution in [2.75, 3.05) is 5.73 Å². The van der Waals surface area contributed by atoms with Crippen LogP contribution in [0.1, 0.15) is 12.7 Å². The molecule has 0 bridgehead atoms. The summed E-state index contributed by atoms with van der Waals surface area (Å²) in [5.74, 6) is 1.63. The van der Waals surface area contributed by atoms with Crippen LogP contribution in [0.15, 0.2) is 40.8 Å². The van der Waals surface area contributed by atoms with Crippen LogP contribution in [0, 0.1) is 5.82 Å². The summed E-state index contributed by atoms with van der Waals surface area (Å²) >= 11 is 0. The van der Waals surface area contributed by atoms with Crippen molar-refractivity contribution in [2.24, 2.45) is 0 Å². The number of nitrogen functional groups attached to an aromatic ring is 1. The first kappa shape index (κ1) is 12.5. The summed E-state index contributed by atoms with van der Waals surface area (Å²) in [6.45, 7) is 2.02. The maximum atomic E-state index is 13.0. The van der Waals surface area contributed by atoms with E-state index in [0.717, 1.165) is 23.3 Å². The highest BCUT2D eigenvalue weighted by atomic mass is 19.1. The molecule has 5 heteroatoms. The molecule has 4 nitrogen and oxygen atoms in total. The number of furan rings is 1. The number of halogens is 1. The molecule has 2 aromatic heterocycles. The quantitative estimate of drug-likeness (QED) is 0.764. The van der Waals surface area contributed by atoms with E-state index in [1.165, 1.54) is 12.1 Å². The number of aromatic nitrogens is 2. The summed E-state index contributed by atoms with van der Waals surface area (Å²) in [5.41, 5.74) is 8.13. The first-order valence-electron chi connectivity index (χ1n) is 6.38. The molecule has 0 saturated heterocycles. The molecule has 0 amide bonds. The molecule has 0 aliphatic heterocycles. The van der Waals surface area contributed by atoms with Gasteiger partial charge in [-0.25, -0.2) is 4.39 Å². The minimum absolute atomic E-state index is 0.288. The standard InChI is InChI=1S/C15H14FN3O/c1-2-11-7-8-12(20-11)14-13(15(17)19-18-14)9-3-5-10(16)6-4-9/h3-8H,2H2,1H3,(H3,17,18,19). The van der Waals surface area contributed by atoms with E-state index in [2.05, 4.69) is 10.2 Å². The maximum absolute atomic E-state index is 13.0. The SMILES string of the molecule is CCc1ccc(-c2[nH]nc(N)c2-c2ccc(F)cc2)o1. The summed E-state index contributed by atoms with van der Waals surface area (Å²) in [5, 5.41) is 6.90. The third-order valence-corrected chi connectivity index (χ3v) is 3.18.